The van der Waals surface area contributed by atoms with Gasteiger partial charge < -0.3 is 9.84 Å². The number of fused-ring (bicyclic) bond motifs is 1. The van der Waals surface area contributed by atoms with Crippen molar-refractivity contribution in [2.24, 2.45) is 0 Å². The van der Waals surface area contributed by atoms with Gasteiger partial charge in [-0.25, -0.2) is 0 Å². The van der Waals surface area contributed by atoms with E-state index >= 15 is 0 Å². The zero-order valence-corrected chi connectivity index (χ0v) is 8.44. The molecule has 3 nitrogen and oxygen atoms in total. The lowest BCUT2D eigenvalue weighted by Crippen LogP contribution is -2.26. The van der Waals surface area contributed by atoms with Gasteiger partial charge in [-0.2, -0.15) is 5.26 Å². The Labute approximate surface area is 88.9 Å². The van der Waals surface area contributed by atoms with Crippen LogP contribution in [0, 0.1) is 11.3 Å². The van der Waals surface area contributed by atoms with Crippen LogP contribution in [0.1, 0.15) is 17.5 Å². The molecular formula is C12H13NO2. The van der Waals surface area contributed by atoms with Crippen LogP contribution in [0.15, 0.2) is 24.3 Å². The van der Waals surface area contributed by atoms with Crippen LogP contribution in [-0.2, 0) is 16.8 Å². The smallest absolute Gasteiger partial charge is 0.180 e. The second-order valence-electron chi connectivity index (χ2n) is 3.67. The molecule has 1 aliphatic rings. The number of aliphatic hydroxyl groups excluding tert-OH is 1. The predicted octanol–water partition coefficient (Wildman–Crippen LogP) is 1.36. The summed E-state index contributed by atoms with van der Waals surface area (Å²) in [5.74, 6) is 0. The third-order valence-electron chi connectivity index (χ3n) is 2.82. The zero-order valence-electron chi connectivity index (χ0n) is 8.44. The van der Waals surface area contributed by atoms with Gasteiger partial charge in [0.05, 0.1) is 13.2 Å². The minimum atomic E-state index is -0.834. The van der Waals surface area contributed by atoms with Crippen molar-refractivity contribution in [1.82, 2.24) is 0 Å². The molecule has 0 heterocycles. The highest BCUT2D eigenvalue weighted by atomic mass is 16.5. The molecule has 15 heavy (non-hydrogen) atoms. The fraction of sp³-hybridized carbons (Fsp3) is 0.417. The number of nitrogens with zero attached hydrogens (tertiary/aromatic N) is 1. The van der Waals surface area contributed by atoms with Crippen LogP contribution < -0.4 is 0 Å². The van der Waals surface area contributed by atoms with Gasteiger partial charge in [0.2, 0.25) is 0 Å². The first-order valence-corrected chi connectivity index (χ1v) is 5.07. The lowest BCUT2D eigenvalue weighted by atomic mass is 9.97. The number of rotatable bonds is 3. The Balaban J connectivity index is 2.34. The zero-order chi connectivity index (χ0) is 10.7. The molecule has 1 aromatic rings. The van der Waals surface area contributed by atoms with Gasteiger partial charge in [-0.15, -0.1) is 0 Å². The van der Waals surface area contributed by atoms with Gasteiger partial charge in [0.25, 0.3) is 0 Å². The van der Waals surface area contributed by atoms with Crippen LogP contribution in [0.25, 0.3) is 0 Å². The van der Waals surface area contributed by atoms with E-state index in [0.29, 0.717) is 6.42 Å². The molecule has 0 radical (unpaired) electrons. The Kier molecular flexibility index (Phi) is 2.72. The lowest BCUT2D eigenvalue weighted by molar-refractivity contribution is -0.0218. The average molecular weight is 203 g/mol. The van der Waals surface area contributed by atoms with Crippen LogP contribution in [0.4, 0.5) is 0 Å². The van der Waals surface area contributed by atoms with Crippen LogP contribution in [0.5, 0.6) is 0 Å². The summed E-state index contributed by atoms with van der Waals surface area (Å²) in [5.41, 5.74) is 1.30. The van der Waals surface area contributed by atoms with Crippen LogP contribution in [0.2, 0.25) is 0 Å². The number of hydrogen-bond donors (Lipinski definition) is 1. The van der Waals surface area contributed by atoms with E-state index < -0.39 is 5.60 Å². The fourth-order valence-electron chi connectivity index (χ4n) is 2.10. The summed E-state index contributed by atoms with van der Waals surface area (Å²) in [4.78, 5) is 0. The summed E-state index contributed by atoms with van der Waals surface area (Å²) in [6.45, 7) is 0.160. The van der Waals surface area contributed by atoms with Gasteiger partial charge in [-0.1, -0.05) is 24.3 Å². The van der Waals surface area contributed by atoms with Gasteiger partial charge in [-0.3, -0.25) is 0 Å². The summed E-state index contributed by atoms with van der Waals surface area (Å²) in [6.07, 6.45) is 1.55. The Hall–Kier alpha value is -1.37. The van der Waals surface area contributed by atoms with Crippen LogP contribution >= 0.6 is 0 Å². The summed E-state index contributed by atoms with van der Waals surface area (Å²) in [6, 6.07) is 10.1. The molecule has 0 spiro atoms. The molecule has 0 aliphatic heterocycles. The third kappa shape index (κ3) is 1.63. The molecule has 0 bridgehead atoms. The van der Waals surface area contributed by atoms with E-state index in [-0.39, 0.29) is 13.2 Å². The van der Waals surface area contributed by atoms with Gasteiger partial charge in [0.1, 0.15) is 6.07 Å². The summed E-state index contributed by atoms with van der Waals surface area (Å²) < 4.78 is 5.50. The first kappa shape index (κ1) is 10.2. The number of ether oxygens (including phenoxy) is 1. The summed E-state index contributed by atoms with van der Waals surface area (Å²) >= 11 is 0. The Morgan fingerprint density at radius 1 is 1.47 bits per heavy atom. The van der Waals surface area contributed by atoms with E-state index in [0.717, 1.165) is 12.0 Å². The maximum atomic E-state index is 9.23. The molecule has 2 rings (SSSR count). The molecule has 1 aliphatic carbocycles. The molecule has 1 atom stereocenters. The summed E-state index contributed by atoms with van der Waals surface area (Å²) in [5, 5.41) is 18.0. The number of benzene rings is 1. The number of hydrogen-bond acceptors (Lipinski definition) is 3. The van der Waals surface area contributed by atoms with E-state index in [2.05, 4.69) is 6.07 Å². The molecule has 0 saturated carbocycles. The molecule has 0 fully saturated rings. The van der Waals surface area contributed by atoms with Crippen molar-refractivity contribution in [3.05, 3.63) is 35.4 Å². The first-order valence-electron chi connectivity index (χ1n) is 5.07. The van der Waals surface area contributed by atoms with E-state index in [4.69, 9.17) is 9.84 Å². The molecule has 0 amide bonds. The van der Waals surface area contributed by atoms with Crippen LogP contribution in [-0.4, -0.2) is 18.3 Å². The van der Waals surface area contributed by atoms with Crippen molar-refractivity contribution in [1.29, 1.82) is 5.26 Å². The predicted molar refractivity (Wildman–Crippen MR) is 55.1 cm³/mol. The van der Waals surface area contributed by atoms with Crippen molar-refractivity contribution in [2.45, 2.75) is 18.4 Å². The Morgan fingerprint density at radius 3 is 3.00 bits per heavy atom. The molecule has 1 N–H and O–H groups in total. The molecule has 78 valence electrons. The van der Waals surface area contributed by atoms with Crippen molar-refractivity contribution in [3.63, 3.8) is 0 Å². The van der Waals surface area contributed by atoms with Crippen molar-refractivity contribution >= 4 is 0 Å². The molecule has 1 aromatic carbocycles. The monoisotopic (exact) mass is 203 g/mol. The van der Waals surface area contributed by atoms with E-state index in [9.17, 15) is 5.26 Å². The summed E-state index contributed by atoms with van der Waals surface area (Å²) in [7, 11) is 0. The minimum absolute atomic E-state index is 0.0500. The second-order valence-corrected chi connectivity index (χ2v) is 3.67. The quantitative estimate of drug-likeness (QED) is 0.807. The Morgan fingerprint density at radius 2 is 2.27 bits per heavy atom. The maximum absolute atomic E-state index is 9.23. The van der Waals surface area contributed by atoms with Crippen molar-refractivity contribution < 1.29 is 9.84 Å². The SMILES string of the molecule is N#CC1(OCCO)CCc2ccccc21. The van der Waals surface area contributed by atoms with Gasteiger partial charge in [0, 0.05) is 5.56 Å². The van der Waals surface area contributed by atoms with Crippen molar-refractivity contribution in [2.75, 3.05) is 13.2 Å². The maximum Gasteiger partial charge on any atom is 0.180 e. The Bertz CT molecular complexity index is 397. The van der Waals surface area contributed by atoms with E-state index in [1.165, 1.54) is 5.56 Å². The van der Waals surface area contributed by atoms with Crippen LogP contribution in [0.3, 0.4) is 0 Å². The van der Waals surface area contributed by atoms with E-state index in [1.807, 2.05) is 24.3 Å². The van der Waals surface area contributed by atoms with Gasteiger partial charge >= 0.3 is 0 Å². The van der Waals surface area contributed by atoms with E-state index in [1.54, 1.807) is 0 Å². The third-order valence-corrected chi connectivity index (χ3v) is 2.82. The minimum Gasteiger partial charge on any atom is -0.394 e. The lowest BCUT2D eigenvalue weighted by Gasteiger charge is -2.22. The standard InChI is InChI=1S/C12H13NO2/c13-9-12(15-8-7-14)6-5-10-3-1-2-4-11(10)12/h1-4,14H,5-8H2. The molecule has 3 heteroatoms. The fourth-order valence-corrected chi connectivity index (χ4v) is 2.10. The van der Waals surface area contributed by atoms with Gasteiger partial charge in [-0.05, 0) is 18.4 Å². The largest absolute Gasteiger partial charge is 0.394 e. The number of aryl methyl sites for hydroxylation is 1. The molecule has 0 saturated heterocycles. The van der Waals surface area contributed by atoms with Gasteiger partial charge in [0.15, 0.2) is 5.60 Å². The normalized spacial score (nSPS) is 23.5. The topological polar surface area (TPSA) is 53.2 Å². The van der Waals surface area contributed by atoms with Crippen molar-refractivity contribution in [3.8, 4) is 6.07 Å². The molecule has 1 unspecified atom stereocenters. The highest BCUT2D eigenvalue weighted by Crippen LogP contribution is 2.39. The molecule has 0 aromatic heterocycles. The molecular weight excluding hydrogens is 190 g/mol. The average Bonchev–Trinajstić information content (AvgIpc) is 2.66. The highest BCUT2D eigenvalue weighted by Gasteiger charge is 2.39. The highest BCUT2D eigenvalue weighted by molar-refractivity contribution is 5.41. The number of aliphatic hydroxyl groups is 1. The number of nitriles is 1. The second kappa shape index (κ2) is 4.01. The first-order chi connectivity index (χ1) is 7.32.